The van der Waals surface area contributed by atoms with Gasteiger partial charge in [-0.05, 0) is 49.1 Å². The second-order valence-corrected chi connectivity index (χ2v) is 9.83. The Hall–Kier alpha value is -2.38. The summed E-state index contributed by atoms with van der Waals surface area (Å²) in [5.74, 6) is 0.711. The van der Waals surface area contributed by atoms with Gasteiger partial charge in [-0.25, -0.2) is 13.1 Å². The van der Waals surface area contributed by atoms with E-state index in [0.717, 1.165) is 35.4 Å². The highest BCUT2D eigenvalue weighted by Crippen LogP contribution is 2.43. The first-order valence-electron chi connectivity index (χ1n) is 10.5. The van der Waals surface area contributed by atoms with Crippen molar-refractivity contribution >= 4 is 21.6 Å². The van der Waals surface area contributed by atoms with Crippen molar-refractivity contribution in [1.29, 1.82) is 0 Å². The highest BCUT2D eigenvalue weighted by Gasteiger charge is 2.40. The Bertz CT molecular complexity index is 1080. The molecule has 6 nitrogen and oxygen atoms in total. The van der Waals surface area contributed by atoms with Crippen LogP contribution in [0.2, 0.25) is 0 Å². The van der Waals surface area contributed by atoms with Gasteiger partial charge in [0.25, 0.3) is 0 Å². The maximum atomic E-state index is 13.3. The van der Waals surface area contributed by atoms with Gasteiger partial charge in [0.1, 0.15) is 11.4 Å². The first-order valence-corrected chi connectivity index (χ1v) is 12.0. The lowest BCUT2D eigenvalue weighted by atomic mass is 9.84. The summed E-state index contributed by atoms with van der Waals surface area (Å²) >= 11 is 0. The van der Waals surface area contributed by atoms with E-state index in [1.54, 1.807) is 23.1 Å². The molecule has 4 rings (SSSR count). The van der Waals surface area contributed by atoms with Crippen LogP contribution in [0.1, 0.15) is 57.2 Å². The van der Waals surface area contributed by atoms with E-state index in [0.29, 0.717) is 19.4 Å². The lowest BCUT2D eigenvalue weighted by molar-refractivity contribution is -0.116. The molecule has 0 aliphatic carbocycles. The van der Waals surface area contributed by atoms with Crippen LogP contribution in [-0.2, 0) is 21.2 Å². The van der Waals surface area contributed by atoms with E-state index in [9.17, 15) is 13.2 Å². The second-order valence-electron chi connectivity index (χ2n) is 8.12. The van der Waals surface area contributed by atoms with Crippen LogP contribution < -0.4 is 14.4 Å². The standard InChI is InChI=1S/C23H28N2O4S/c1-4-23(5-2)15-20(19-8-6-7-9-22(19)29-23)24-30(27,28)18-10-11-21-17(14-18)12-13-25(21)16(3)26/h6-11,14,20,24H,4-5,12-13,15H2,1-3H3/t20-/m1/s1. The molecule has 0 aromatic heterocycles. The average molecular weight is 429 g/mol. The van der Waals surface area contributed by atoms with Crippen molar-refractivity contribution in [3.63, 3.8) is 0 Å². The van der Waals surface area contributed by atoms with Gasteiger partial charge >= 0.3 is 0 Å². The van der Waals surface area contributed by atoms with E-state index in [2.05, 4.69) is 18.6 Å². The van der Waals surface area contributed by atoms with E-state index < -0.39 is 10.0 Å². The van der Waals surface area contributed by atoms with Crippen LogP contribution in [0.15, 0.2) is 47.4 Å². The largest absolute Gasteiger partial charge is 0.487 e. The Morgan fingerprint density at radius 3 is 2.63 bits per heavy atom. The van der Waals surface area contributed by atoms with Crippen molar-refractivity contribution in [2.45, 2.75) is 63.0 Å². The van der Waals surface area contributed by atoms with E-state index in [1.807, 2.05) is 24.3 Å². The normalized spacial score (nSPS) is 19.7. The Balaban J connectivity index is 1.66. The third kappa shape index (κ3) is 3.61. The van der Waals surface area contributed by atoms with Gasteiger partial charge in [0.2, 0.25) is 15.9 Å². The number of fused-ring (bicyclic) bond motifs is 2. The molecular weight excluding hydrogens is 400 g/mol. The van der Waals surface area contributed by atoms with Gasteiger partial charge in [0.15, 0.2) is 0 Å². The van der Waals surface area contributed by atoms with Crippen molar-refractivity contribution in [3.05, 3.63) is 53.6 Å². The first-order chi connectivity index (χ1) is 14.3. The maximum absolute atomic E-state index is 13.3. The summed E-state index contributed by atoms with van der Waals surface area (Å²) in [6, 6.07) is 12.3. The van der Waals surface area contributed by atoms with E-state index in [-0.39, 0.29) is 22.4 Å². The van der Waals surface area contributed by atoms with E-state index in [4.69, 9.17) is 4.74 Å². The summed E-state index contributed by atoms with van der Waals surface area (Å²) in [5.41, 5.74) is 2.16. The molecule has 2 aromatic rings. The molecule has 0 radical (unpaired) electrons. The molecule has 0 bridgehead atoms. The zero-order chi connectivity index (χ0) is 21.5. The number of carbonyl (C=O) groups excluding carboxylic acids is 1. The van der Waals surface area contributed by atoms with E-state index in [1.165, 1.54) is 6.92 Å². The predicted octanol–water partition coefficient (Wildman–Crippen LogP) is 3.96. The van der Waals surface area contributed by atoms with Crippen molar-refractivity contribution < 1.29 is 17.9 Å². The van der Waals surface area contributed by atoms with Gasteiger partial charge in [0.05, 0.1) is 10.9 Å². The van der Waals surface area contributed by atoms with Crippen molar-refractivity contribution in [2.24, 2.45) is 0 Å². The predicted molar refractivity (Wildman–Crippen MR) is 116 cm³/mol. The number of nitrogens with zero attached hydrogens (tertiary/aromatic N) is 1. The van der Waals surface area contributed by atoms with Gasteiger partial charge in [0, 0.05) is 31.1 Å². The number of sulfonamides is 1. The molecule has 0 unspecified atom stereocenters. The molecule has 0 spiro atoms. The molecule has 30 heavy (non-hydrogen) atoms. The third-order valence-corrected chi connectivity index (χ3v) is 7.89. The highest BCUT2D eigenvalue weighted by atomic mass is 32.2. The SMILES string of the molecule is CCC1(CC)C[C@@H](NS(=O)(=O)c2ccc3c(c2)CCN3C(C)=O)c2ccccc2O1. The molecule has 1 N–H and O–H groups in total. The number of carbonyl (C=O) groups is 1. The minimum atomic E-state index is -3.74. The van der Waals surface area contributed by atoms with Crippen LogP contribution in [0.5, 0.6) is 5.75 Å². The molecule has 7 heteroatoms. The molecule has 2 aliphatic heterocycles. The lowest BCUT2D eigenvalue weighted by Gasteiger charge is -2.41. The molecule has 1 amide bonds. The smallest absolute Gasteiger partial charge is 0.241 e. The molecule has 2 aliphatic rings. The molecule has 1 atom stereocenters. The fourth-order valence-corrected chi connectivity index (χ4v) is 5.80. The van der Waals surface area contributed by atoms with Gasteiger partial charge in [-0.3, -0.25) is 4.79 Å². The van der Waals surface area contributed by atoms with Crippen LogP contribution in [0.3, 0.4) is 0 Å². The molecular formula is C23H28N2O4S. The van der Waals surface area contributed by atoms with Crippen LogP contribution in [0, 0.1) is 0 Å². The van der Waals surface area contributed by atoms with Gasteiger partial charge < -0.3 is 9.64 Å². The fourth-order valence-electron chi connectivity index (χ4n) is 4.53. The van der Waals surface area contributed by atoms with Crippen LogP contribution >= 0.6 is 0 Å². The van der Waals surface area contributed by atoms with Gasteiger partial charge in [-0.1, -0.05) is 32.0 Å². The van der Waals surface area contributed by atoms with Crippen LogP contribution in [0.25, 0.3) is 0 Å². The van der Waals surface area contributed by atoms with Crippen molar-refractivity contribution in [2.75, 3.05) is 11.4 Å². The molecule has 2 heterocycles. The van der Waals surface area contributed by atoms with Crippen molar-refractivity contribution in [1.82, 2.24) is 4.72 Å². The van der Waals surface area contributed by atoms with Gasteiger partial charge in [-0.15, -0.1) is 0 Å². The topological polar surface area (TPSA) is 75.7 Å². The third-order valence-electron chi connectivity index (χ3n) is 6.42. The number of para-hydroxylation sites is 1. The van der Waals surface area contributed by atoms with Crippen molar-refractivity contribution in [3.8, 4) is 5.75 Å². The highest BCUT2D eigenvalue weighted by molar-refractivity contribution is 7.89. The molecule has 0 saturated carbocycles. The van der Waals surface area contributed by atoms with E-state index >= 15 is 0 Å². The summed E-state index contributed by atoms with van der Waals surface area (Å²) in [6.07, 6.45) is 2.85. The zero-order valence-corrected chi connectivity index (χ0v) is 18.5. The number of benzene rings is 2. The van der Waals surface area contributed by atoms with Gasteiger partial charge in [-0.2, -0.15) is 0 Å². The number of hydrogen-bond donors (Lipinski definition) is 1. The Labute approximate surface area is 178 Å². The Morgan fingerprint density at radius 2 is 1.93 bits per heavy atom. The summed E-state index contributed by atoms with van der Waals surface area (Å²) in [4.78, 5) is 13.7. The average Bonchev–Trinajstić information content (AvgIpc) is 3.17. The monoisotopic (exact) mass is 428 g/mol. The summed E-state index contributed by atoms with van der Waals surface area (Å²) in [6.45, 7) is 6.26. The number of rotatable bonds is 5. The Morgan fingerprint density at radius 1 is 1.20 bits per heavy atom. The number of nitrogens with one attached hydrogen (secondary N) is 1. The summed E-state index contributed by atoms with van der Waals surface area (Å²) in [5, 5.41) is 0. The number of ether oxygens (including phenoxy) is 1. The number of anilines is 1. The first kappa shape index (κ1) is 20.9. The second kappa shape index (κ2) is 7.71. The number of amides is 1. The Kier molecular flexibility index (Phi) is 5.36. The lowest BCUT2D eigenvalue weighted by Crippen LogP contribution is -2.44. The number of hydrogen-bond acceptors (Lipinski definition) is 4. The van der Waals surface area contributed by atoms with Crippen LogP contribution in [0.4, 0.5) is 5.69 Å². The minimum Gasteiger partial charge on any atom is -0.487 e. The summed E-state index contributed by atoms with van der Waals surface area (Å²) < 4.78 is 35.8. The summed E-state index contributed by atoms with van der Waals surface area (Å²) in [7, 11) is -3.74. The quantitative estimate of drug-likeness (QED) is 0.782. The fraction of sp³-hybridized carbons (Fsp3) is 0.435. The molecule has 0 fully saturated rings. The minimum absolute atomic E-state index is 0.0308. The van der Waals surface area contributed by atoms with Crippen LogP contribution in [-0.4, -0.2) is 26.5 Å². The maximum Gasteiger partial charge on any atom is 0.241 e. The molecule has 160 valence electrons. The molecule has 0 saturated heterocycles. The molecule has 2 aromatic carbocycles. The zero-order valence-electron chi connectivity index (χ0n) is 17.6.